The Hall–Kier alpha value is -5.09. The molecule has 0 bridgehead atoms. The summed E-state index contributed by atoms with van der Waals surface area (Å²) in [6, 6.07) is 4.93. The number of amides is 3. The lowest BCUT2D eigenvalue weighted by Gasteiger charge is -2.24. The van der Waals surface area contributed by atoms with Crippen LogP contribution in [0.5, 0.6) is 0 Å². The Kier molecular flexibility index (Phi) is 7.26. The smallest absolute Gasteiger partial charge is 0.364 e. The molecule has 5 rings (SSSR count). The van der Waals surface area contributed by atoms with Crippen molar-refractivity contribution in [2.24, 2.45) is 5.73 Å². The highest BCUT2D eigenvalue weighted by Gasteiger charge is 2.42. The number of hydrogen-bond donors (Lipinski definition) is 2. The van der Waals surface area contributed by atoms with E-state index in [1.54, 1.807) is 29.6 Å². The Morgan fingerprint density at radius 2 is 1.83 bits per heavy atom. The molecule has 1 aliphatic rings. The summed E-state index contributed by atoms with van der Waals surface area (Å²) in [5.41, 5.74) is 4.65. The first-order chi connectivity index (χ1) is 19.8. The van der Waals surface area contributed by atoms with Gasteiger partial charge >= 0.3 is 6.18 Å². The van der Waals surface area contributed by atoms with E-state index in [-0.39, 0.29) is 11.9 Å². The number of carbonyl (C=O) groups excluding carboxylic acids is 3. The van der Waals surface area contributed by atoms with Crippen LogP contribution in [-0.2, 0) is 22.3 Å². The van der Waals surface area contributed by atoms with Crippen LogP contribution in [0.15, 0.2) is 42.9 Å². The lowest BCUT2D eigenvalue weighted by atomic mass is 10.0. The molecule has 1 aliphatic heterocycles. The highest BCUT2D eigenvalue weighted by atomic mass is 19.4. The van der Waals surface area contributed by atoms with Gasteiger partial charge in [0.15, 0.2) is 23.1 Å². The van der Waals surface area contributed by atoms with E-state index in [0.29, 0.717) is 22.0 Å². The SMILES string of the molecule is NC(=O)c1nn(CC(=O)N2CC(F)CC2C(=O)Nc2ncc(F)c(C(F)(F)F)c2F)c2ccc(-c3ccnnc3)cc12. The molecule has 11 nitrogen and oxygen atoms in total. The van der Waals surface area contributed by atoms with Crippen molar-refractivity contribution in [1.82, 2.24) is 29.9 Å². The first kappa shape index (κ1) is 28.4. The second kappa shape index (κ2) is 10.7. The quantitative estimate of drug-likeness (QED) is 0.327. The van der Waals surface area contributed by atoms with Crippen LogP contribution >= 0.6 is 0 Å². The minimum Gasteiger partial charge on any atom is -0.364 e. The normalized spacial score (nSPS) is 17.0. The number of rotatable bonds is 6. The standard InChI is InChI=1S/C25H18F6N8O3/c26-13-6-17(24(42)36-23-20(28)19(25(29,30)31)15(27)8-33-23)38(9-13)18(40)10-39-16-2-1-11(12-3-4-34-35-7-12)5-14(16)21(37-39)22(32)41/h1-5,7-8,13,17H,6,9-10H2,(H2,32,41)(H,33,36,42). The molecule has 4 heterocycles. The summed E-state index contributed by atoms with van der Waals surface area (Å²) in [7, 11) is 0. The third kappa shape index (κ3) is 5.31. The molecule has 218 valence electrons. The van der Waals surface area contributed by atoms with E-state index < -0.39 is 78.6 Å². The average molecular weight is 592 g/mol. The zero-order chi connectivity index (χ0) is 30.3. The monoisotopic (exact) mass is 592 g/mol. The summed E-state index contributed by atoms with van der Waals surface area (Å²) in [6.07, 6.45) is -4.65. The number of fused-ring (bicyclic) bond motifs is 1. The molecule has 3 N–H and O–H groups in total. The molecule has 2 unspecified atom stereocenters. The van der Waals surface area contributed by atoms with Crippen LogP contribution < -0.4 is 11.1 Å². The first-order valence-electron chi connectivity index (χ1n) is 12.1. The molecule has 0 radical (unpaired) electrons. The highest BCUT2D eigenvalue weighted by Crippen LogP contribution is 2.35. The summed E-state index contributed by atoms with van der Waals surface area (Å²) >= 11 is 0. The molecule has 4 aromatic rings. The van der Waals surface area contributed by atoms with Crippen LogP contribution in [0.3, 0.4) is 0 Å². The molecule has 1 fully saturated rings. The number of carbonyl (C=O) groups is 3. The van der Waals surface area contributed by atoms with Gasteiger partial charge in [0, 0.05) is 17.4 Å². The topological polar surface area (TPSA) is 149 Å². The van der Waals surface area contributed by atoms with Crippen LogP contribution in [0.2, 0.25) is 0 Å². The number of alkyl halides is 4. The summed E-state index contributed by atoms with van der Waals surface area (Å²) in [4.78, 5) is 42.2. The van der Waals surface area contributed by atoms with Crippen LogP contribution in [0, 0.1) is 11.6 Å². The molecule has 0 saturated carbocycles. The second-order valence-electron chi connectivity index (χ2n) is 9.26. The number of nitrogens with two attached hydrogens (primary N) is 1. The predicted octanol–water partition coefficient (Wildman–Crippen LogP) is 2.86. The van der Waals surface area contributed by atoms with Gasteiger partial charge in [-0.3, -0.25) is 19.1 Å². The van der Waals surface area contributed by atoms with E-state index in [2.05, 4.69) is 20.3 Å². The third-order valence-corrected chi connectivity index (χ3v) is 6.56. The van der Waals surface area contributed by atoms with Crippen molar-refractivity contribution < 1.29 is 40.7 Å². The Labute approximate surface area is 231 Å². The van der Waals surface area contributed by atoms with E-state index >= 15 is 0 Å². The van der Waals surface area contributed by atoms with Crippen molar-refractivity contribution in [1.29, 1.82) is 0 Å². The van der Waals surface area contributed by atoms with Crippen molar-refractivity contribution in [2.45, 2.75) is 31.4 Å². The minimum atomic E-state index is -5.43. The minimum absolute atomic E-state index is 0.0762. The molecule has 1 aromatic carbocycles. The number of halogens is 6. The fourth-order valence-corrected chi connectivity index (χ4v) is 4.66. The largest absolute Gasteiger partial charge is 0.422 e. The summed E-state index contributed by atoms with van der Waals surface area (Å²) < 4.78 is 82.7. The van der Waals surface area contributed by atoms with Crippen molar-refractivity contribution >= 4 is 34.4 Å². The number of aromatic nitrogens is 5. The molecule has 2 atom stereocenters. The Morgan fingerprint density at radius 1 is 1.07 bits per heavy atom. The Morgan fingerprint density at radius 3 is 2.50 bits per heavy atom. The average Bonchev–Trinajstić information content (AvgIpc) is 3.50. The van der Waals surface area contributed by atoms with Gasteiger partial charge in [0.1, 0.15) is 24.3 Å². The van der Waals surface area contributed by atoms with Gasteiger partial charge in [-0.05, 0) is 23.8 Å². The maximum Gasteiger partial charge on any atom is 0.422 e. The van der Waals surface area contributed by atoms with Crippen molar-refractivity contribution in [2.75, 3.05) is 11.9 Å². The van der Waals surface area contributed by atoms with Crippen molar-refractivity contribution in [3.63, 3.8) is 0 Å². The van der Waals surface area contributed by atoms with Crippen molar-refractivity contribution in [3.8, 4) is 11.1 Å². The number of pyridine rings is 1. The molecule has 17 heteroatoms. The van der Waals surface area contributed by atoms with E-state index in [1.807, 2.05) is 0 Å². The number of likely N-dealkylation sites (tertiary alicyclic amines) is 1. The van der Waals surface area contributed by atoms with Gasteiger partial charge in [-0.15, -0.1) is 0 Å². The zero-order valence-corrected chi connectivity index (χ0v) is 21.1. The first-order valence-corrected chi connectivity index (χ1v) is 12.1. The van der Waals surface area contributed by atoms with Crippen LogP contribution in [0.4, 0.5) is 32.2 Å². The number of nitrogens with zero attached hydrogens (tertiary/aromatic N) is 6. The molecule has 0 aliphatic carbocycles. The van der Waals surface area contributed by atoms with Gasteiger partial charge in [-0.1, -0.05) is 6.07 Å². The van der Waals surface area contributed by atoms with Gasteiger partial charge in [0.05, 0.1) is 30.7 Å². The molecule has 42 heavy (non-hydrogen) atoms. The van der Waals surface area contributed by atoms with Gasteiger partial charge in [-0.25, -0.2) is 18.2 Å². The number of nitrogens with one attached hydrogen (secondary N) is 1. The fraction of sp³-hybridized carbons (Fsp3) is 0.240. The molecule has 3 aromatic heterocycles. The lowest BCUT2D eigenvalue weighted by Crippen LogP contribution is -2.44. The van der Waals surface area contributed by atoms with Crippen LogP contribution in [0.1, 0.15) is 22.5 Å². The fourth-order valence-electron chi connectivity index (χ4n) is 4.66. The maximum absolute atomic E-state index is 14.4. The summed E-state index contributed by atoms with van der Waals surface area (Å²) in [5.74, 6) is -8.40. The van der Waals surface area contributed by atoms with Crippen LogP contribution in [-0.4, -0.2) is 66.3 Å². The van der Waals surface area contributed by atoms with Crippen molar-refractivity contribution in [3.05, 3.63) is 65.7 Å². The summed E-state index contributed by atoms with van der Waals surface area (Å²) in [6.45, 7) is -1.15. The van der Waals surface area contributed by atoms with Gasteiger partial charge < -0.3 is 16.0 Å². The number of primary amides is 1. The van der Waals surface area contributed by atoms with E-state index in [1.165, 1.54) is 12.4 Å². The molecule has 3 amide bonds. The van der Waals surface area contributed by atoms with E-state index in [0.717, 1.165) is 9.58 Å². The lowest BCUT2D eigenvalue weighted by molar-refractivity contribution is -0.142. The second-order valence-corrected chi connectivity index (χ2v) is 9.26. The van der Waals surface area contributed by atoms with Gasteiger partial charge in [0.2, 0.25) is 11.8 Å². The number of benzene rings is 1. The molecular formula is C25H18F6N8O3. The number of anilines is 1. The third-order valence-electron chi connectivity index (χ3n) is 6.56. The Balaban J connectivity index is 1.40. The predicted molar refractivity (Wildman–Crippen MR) is 132 cm³/mol. The molecular weight excluding hydrogens is 574 g/mol. The summed E-state index contributed by atoms with van der Waals surface area (Å²) in [5, 5.41) is 13.7. The highest BCUT2D eigenvalue weighted by molar-refractivity contribution is 6.05. The molecule has 1 saturated heterocycles. The zero-order valence-electron chi connectivity index (χ0n) is 21.1. The van der Waals surface area contributed by atoms with Gasteiger partial charge in [-0.2, -0.15) is 28.5 Å². The molecule has 0 spiro atoms. The van der Waals surface area contributed by atoms with E-state index in [4.69, 9.17) is 5.73 Å². The number of hydrogen-bond acceptors (Lipinski definition) is 7. The Bertz CT molecular complexity index is 1710. The van der Waals surface area contributed by atoms with E-state index in [9.17, 15) is 40.7 Å². The van der Waals surface area contributed by atoms with Gasteiger partial charge in [0.25, 0.3) is 5.91 Å². The van der Waals surface area contributed by atoms with Crippen LogP contribution in [0.25, 0.3) is 22.0 Å². The maximum atomic E-state index is 14.4.